The molecule has 0 saturated carbocycles. The summed E-state index contributed by atoms with van der Waals surface area (Å²) in [6.07, 6.45) is 4.19. The van der Waals surface area contributed by atoms with Gasteiger partial charge in [-0.2, -0.15) is 0 Å². The van der Waals surface area contributed by atoms with Crippen molar-refractivity contribution in [1.29, 1.82) is 0 Å². The van der Waals surface area contributed by atoms with Gasteiger partial charge >= 0.3 is 0 Å². The number of unbranched alkanes of at least 4 members (excludes halogenated alkanes) is 1. The van der Waals surface area contributed by atoms with Crippen LogP contribution in [0, 0.1) is 0 Å². The van der Waals surface area contributed by atoms with Crippen LogP contribution in [0.25, 0.3) is 0 Å². The van der Waals surface area contributed by atoms with E-state index in [-0.39, 0.29) is 11.7 Å². The molecule has 0 radical (unpaired) electrons. The summed E-state index contributed by atoms with van der Waals surface area (Å²) >= 11 is 0. The van der Waals surface area contributed by atoms with Crippen LogP contribution in [-0.4, -0.2) is 43.3 Å². The Hall–Kier alpha value is -2.66. The van der Waals surface area contributed by atoms with E-state index in [1.807, 2.05) is 49.1 Å². The van der Waals surface area contributed by atoms with Crippen LogP contribution >= 0.6 is 0 Å². The average Bonchev–Trinajstić information content (AvgIpc) is 2.84. The minimum Gasteiger partial charge on any atom is -0.496 e. The molecule has 1 aliphatic rings. The fraction of sp³-hybridized carbons (Fsp3) is 0.481. The van der Waals surface area contributed by atoms with E-state index in [9.17, 15) is 9.59 Å². The van der Waals surface area contributed by atoms with Gasteiger partial charge in [-0.15, -0.1) is 0 Å². The predicted molar refractivity (Wildman–Crippen MR) is 130 cm³/mol. The molecule has 0 unspecified atom stereocenters. The van der Waals surface area contributed by atoms with Crippen LogP contribution in [0.2, 0.25) is 0 Å². The normalized spacial score (nSPS) is 12.4. The second-order valence-electron chi connectivity index (χ2n) is 7.87. The largest absolute Gasteiger partial charge is 0.496 e. The summed E-state index contributed by atoms with van der Waals surface area (Å²) in [6, 6.07) is 14.1. The van der Waals surface area contributed by atoms with Crippen LogP contribution in [0.15, 0.2) is 42.5 Å². The highest BCUT2D eigenvalue weighted by Gasteiger charge is 2.19. The minimum atomic E-state index is 0.0931. The molecule has 0 atom stereocenters. The molecule has 174 valence electrons. The Morgan fingerprint density at radius 3 is 2.56 bits per heavy atom. The Bertz CT molecular complexity index is 879. The quantitative estimate of drug-likeness (QED) is 0.427. The number of rotatable bonds is 10. The zero-order chi connectivity index (χ0) is 23.3. The smallest absolute Gasteiger partial charge is 0.219 e. The van der Waals surface area contributed by atoms with E-state index in [1.165, 1.54) is 11.1 Å². The number of carbonyl (C=O) groups is 2. The molecule has 0 fully saturated rings. The Kier molecular flexibility index (Phi) is 10.9. The number of Topliss-reactive ketones (excluding diaryl/α,β-unsaturated/α-hetero) is 1. The molecular formula is C27H38N2O3. The van der Waals surface area contributed by atoms with Gasteiger partial charge in [0, 0.05) is 32.0 Å². The number of carbonyl (C=O) groups excluding carboxylic acids is 2. The van der Waals surface area contributed by atoms with Crippen LogP contribution in [0.5, 0.6) is 5.75 Å². The molecule has 3 rings (SSSR count). The minimum absolute atomic E-state index is 0.0931. The number of fused-ring (bicyclic) bond motifs is 1. The monoisotopic (exact) mass is 438 g/mol. The van der Waals surface area contributed by atoms with Gasteiger partial charge in [0.15, 0.2) is 5.78 Å². The molecule has 2 aromatic carbocycles. The molecule has 1 heterocycles. The second kappa shape index (κ2) is 13.7. The molecule has 1 aliphatic heterocycles. The Labute approximate surface area is 193 Å². The molecule has 1 amide bonds. The van der Waals surface area contributed by atoms with Crippen molar-refractivity contribution in [2.24, 2.45) is 0 Å². The molecule has 32 heavy (non-hydrogen) atoms. The van der Waals surface area contributed by atoms with Crippen molar-refractivity contribution >= 4 is 11.7 Å². The summed E-state index contributed by atoms with van der Waals surface area (Å²) in [5, 5.41) is 3.45. The number of ether oxygens (including phenoxy) is 1. The zero-order valence-electron chi connectivity index (χ0n) is 20.1. The lowest BCUT2D eigenvalue weighted by molar-refractivity contribution is -0.129. The fourth-order valence-electron chi connectivity index (χ4n) is 3.94. The van der Waals surface area contributed by atoms with E-state index in [1.54, 1.807) is 14.0 Å². The highest BCUT2D eigenvalue weighted by molar-refractivity contribution is 5.96. The number of ketones is 1. The molecule has 0 saturated heterocycles. The van der Waals surface area contributed by atoms with E-state index in [4.69, 9.17) is 4.74 Å². The highest BCUT2D eigenvalue weighted by atomic mass is 16.5. The molecule has 0 spiro atoms. The van der Waals surface area contributed by atoms with E-state index >= 15 is 0 Å². The van der Waals surface area contributed by atoms with Crippen LogP contribution in [0.1, 0.15) is 67.1 Å². The van der Waals surface area contributed by atoms with Gasteiger partial charge in [-0.25, -0.2) is 0 Å². The molecule has 0 aliphatic carbocycles. The Morgan fingerprint density at radius 1 is 1.03 bits per heavy atom. The summed E-state index contributed by atoms with van der Waals surface area (Å²) in [7, 11) is 1.70. The third-order valence-electron chi connectivity index (χ3n) is 5.76. The SMILES string of the molecule is CC.COc1ccccc1CCNCCCCC(=O)c1ccc2c(c1)CN(C(C)=O)CC2. The van der Waals surface area contributed by atoms with Gasteiger partial charge in [0.25, 0.3) is 0 Å². The number of hydrogen-bond acceptors (Lipinski definition) is 4. The van der Waals surface area contributed by atoms with Crippen LogP contribution in [0.4, 0.5) is 0 Å². The fourth-order valence-corrected chi connectivity index (χ4v) is 3.94. The van der Waals surface area contributed by atoms with Gasteiger partial charge in [0.1, 0.15) is 5.75 Å². The number of hydrogen-bond donors (Lipinski definition) is 1. The average molecular weight is 439 g/mol. The molecular weight excluding hydrogens is 400 g/mol. The Balaban J connectivity index is 0.00000176. The van der Waals surface area contributed by atoms with Gasteiger partial charge in [-0.1, -0.05) is 44.2 Å². The van der Waals surface area contributed by atoms with Gasteiger partial charge < -0.3 is 15.0 Å². The maximum Gasteiger partial charge on any atom is 0.219 e. The number of benzene rings is 2. The summed E-state index contributed by atoms with van der Waals surface area (Å²) in [6.45, 7) is 8.78. The molecule has 5 heteroatoms. The molecule has 0 aromatic heterocycles. The topological polar surface area (TPSA) is 58.6 Å². The first-order valence-corrected chi connectivity index (χ1v) is 11.8. The van der Waals surface area contributed by atoms with Crippen LogP contribution < -0.4 is 10.1 Å². The number of amides is 1. The summed E-state index contributed by atoms with van der Waals surface area (Å²) < 4.78 is 5.38. The van der Waals surface area contributed by atoms with E-state index < -0.39 is 0 Å². The van der Waals surface area contributed by atoms with Gasteiger partial charge in [-0.05, 0) is 67.6 Å². The van der Waals surface area contributed by atoms with Crippen molar-refractivity contribution < 1.29 is 14.3 Å². The van der Waals surface area contributed by atoms with Crippen molar-refractivity contribution in [2.75, 3.05) is 26.7 Å². The maximum absolute atomic E-state index is 12.6. The predicted octanol–water partition coefficient (Wildman–Crippen LogP) is 4.81. The van der Waals surface area contributed by atoms with Gasteiger partial charge in [0.05, 0.1) is 7.11 Å². The third-order valence-corrected chi connectivity index (χ3v) is 5.76. The molecule has 5 nitrogen and oxygen atoms in total. The first kappa shape index (κ1) is 25.6. The number of nitrogens with one attached hydrogen (secondary N) is 1. The second-order valence-corrected chi connectivity index (χ2v) is 7.87. The zero-order valence-corrected chi connectivity index (χ0v) is 20.1. The van der Waals surface area contributed by atoms with E-state index in [0.29, 0.717) is 13.0 Å². The maximum atomic E-state index is 12.6. The van der Waals surface area contributed by atoms with Crippen molar-refractivity contribution in [1.82, 2.24) is 10.2 Å². The van der Waals surface area contributed by atoms with Gasteiger partial charge in [0.2, 0.25) is 5.91 Å². The molecule has 2 aromatic rings. The first-order valence-electron chi connectivity index (χ1n) is 11.8. The van der Waals surface area contributed by atoms with E-state index in [0.717, 1.165) is 62.2 Å². The third kappa shape index (κ3) is 7.49. The van der Waals surface area contributed by atoms with E-state index in [2.05, 4.69) is 17.4 Å². The standard InChI is InChI=1S/C25H32N2O3.C2H6/c1-19(28)27-16-13-20-10-11-22(17-23(20)18-27)24(29)8-5-6-14-26-15-12-21-7-3-4-9-25(21)30-2;1-2/h3-4,7,9-11,17,26H,5-6,8,12-16,18H2,1-2H3;1-2H3. The highest BCUT2D eigenvalue weighted by Crippen LogP contribution is 2.22. The lowest BCUT2D eigenvalue weighted by atomic mass is 9.95. The lowest BCUT2D eigenvalue weighted by Gasteiger charge is -2.28. The van der Waals surface area contributed by atoms with Crippen molar-refractivity contribution in [3.05, 3.63) is 64.7 Å². The van der Waals surface area contributed by atoms with Crippen LogP contribution in [0.3, 0.4) is 0 Å². The first-order chi connectivity index (χ1) is 15.6. The molecule has 0 bridgehead atoms. The number of nitrogens with zero attached hydrogens (tertiary/aromatic N) is 1. The lowest BCUT2D eigenvalue weighted by Crippen LogP contribution is -2.34. The van der Waals surface area contributed by atoms with Gasteiger partial charge in [-0.3, -0.25) is 9.59 Å². The summed E-state index contributed by atoms with van der Waals surface area (Å²) in [5.74, 6) is 1.21. The Morgan fingerprint density at radius 2 is 1.81 bits per heavy atom. The van der Waals surface area contributed by atoms with Crippen molar-refractivity contribution in [2.45, 2.75) is 59.4 Å². The van der Waals surface area contributed by atoms with Crippen LogP contribution in [-0.2, 0) is 24.2 Å². The summed E-state index contributed by atoms with van der Waals surface area (Å²) in [4.78, 5) is 26.1. The summed E-state index contributed by atoms with van der Waals surface area (Å²) in [5.41, 5.74) is 4.34. The number of methoxy groups -OCH3 is 1. The number of para-hydroxylation sites is 1. The van der Waals surface area contributed by atoms with Crippen molar-refractivity contribution in [3.63, 3.8) is 0 Å². The van der Waals surface area contributed by atoms with Crippen molar-refractivity contribution in [3.8, 4) is 5.75 Å². The molecule has 1 N–H and O–H groups in total.